The van der Waals surface area contributed by atoms with Gasteiger partial charge in [0.25, 0.3) is 0 Å². The van der Waals surface area contributed by atoms with Gasteiger partial charge < -0.3 is 20.8 Å². The Hall–Kier alpha value is -1.92. The number of ether oxygens (including phenoxy) is 1. The molecule has 3 N–H and O–H groups in total. The molecule has 0 aliphatic rings. The number of rotatable bonds is 7. The van der Waals surface area contributed by atoms with Crippen LogP contribution >= 0.6 is 15.9 Å². The fourth-order valence-electron chi connectivity index (χ4n) is 2.39. The Bertz CT molecular complexity index is 733. The zero-order chi connectivity index (χ0) is 17.7. The molecule has 1 heterocycles. The van der Waals surface area contributed by atoms with Crippen LogP contribution in [0.3, 0.4) is 0 Å². The normalized spacial score (nSPS) is 11.9. The zero-order valence-corrected chi connectivity index (χ0v) is 16.0. The molecule has 2 aromatic rings. The third-order valence-corrected chi connectivity index (χ3v) is 4.50. The highest BCUT2D eigenvalue weighted by Gasteiger charge is 2.09. The van der Waals surface area contributed by atoms with E-state index in [0.717, 1.165) is 27.0 Å². The smallest absolute Gasteiger partial charge is 0.131 e. The molecule has 0 amide bonds. The highest BCUT2D eigenvalue weighted by atomic mass is 79.9. The maximum Gasteiger partial charge on any atom is 0.131 e. The van der Waals surface area contributed by atoms with Crippen LogP contribution in [0.2, 0.25) is 0 Å². The molecule has 6 heteroatoms. The number of hydrogen-bond donors (Lipinski definition) is 3. The fourth-order valence-corrected chi connectivity index (χ4v) is 2.85. The van der Waals surface area contributed by atoms with Crippen LogP contribution in [0.5, 0.6) is 0 Å². The van der Waals surface area contributed by atoms with Gasteiger partial charge in [-0.15, -0.1) is 0 Å². The number of hydrogen-bond acceptors (Lipinski definition) is 5. The van der Waals surface area contributed by atoms with Crippen LogP contribution in [0.15, 0.2) is 28.7 Å². The summed E-state index contributed by atoms with van der Waals surface area (Å²) >= 11 is 3.54. The summed E-state index contributed by atoms with van der Waals surface area (Å²) in [6.45, 7) is 6.72. The molecule has 0 saturated carbocycles. The third kappa shape index (κ3) is 4.55. The average molecular weight is 391 g/mol. The molecule has 0 saturated heterocycles. The first-order chi connectivity index (χ1) is 11.4. The van der Waals surface area contributed by atoms with Crippen molar-refractivity contribution in [2.24, 2.45) is 0 Å². The number of anilines is 3. The molecule has 1 aromatic carbocycles. The molecule has 24 heavy (non-hydrogen) atoms. The summed E-state index contributed by atoms with van der Waals surface area (Å²) in [6.07, 6.45) is 1.26. The van der Waals surface area contributed by atoms with Crippen molar-refractivity contribution in [1.29, 1.82) is 5.41 Å². The topological polar surface area (TPSA) is 70.0 Å². The molecule has 5 nitrogen and oxygen atoms in total. The molecule has 1 aromatic heterocycles. The first-order valence-electron chi connectivity index (χ1n) is 7.75. The van der Waals surface area contributed by atoms with E-state index in [0.29, 0.717) is 18.1 Å². The number of nitrogens with zero attached hydrogens (tertiary/aromatic N) is 1. The number of halogens is 1. The highest BCUT2D eigenvalue weighted by molar-refractivity contribution is 9.10. The van der Waals surface area contributed by atoms with E-state index >= 15 is 0 Å². The minimum atomic E-state index is 0.144. The lowest BCUT2D eigenvalue weighted by atomic mass is 10.1. The van der Waals surface area contributed by atoms with Crippen LogP contribution in [-0.4, -0.2) is 31.0 Å². The maximum absolute atomic E-state index is 7.62. The summed E-state index contributed by atoms with van der Waals surface area (Å²) in [4.78, 5) is 4.52. The van der Waals surface area contributed by atoms with Crippen molar-refractivity contribution >= 4 is 39.3 Å². The second kappa shape index (κ2) is 8.26. The van der Waals surface area contributed by atoms with Crippen LogP contribution in [0, 0.1) is 19.3 Å². The van der Waals surface area contributed by atoms with E-state index in [4.69, 9.17) is 10.1 Å². The van der Waals surface area contributed by atoms with E-state index in [9.17, 15) is 0 Å². The van der Waals surface area contributed by atoms with Crippen molar-refractivity contribution in [2.45, 2.75) is 26.8 Å². The lowest BCUT2D eigenvalue weighted by Crippen LogP contribution is -2.21. The van der Waals surface area contributed by atoms with Crippen LogP contribution in [-0.2, 0) is 4.74 Å². The van der Waals surface area contributed by atoms with Gasteiger partial charge in [-0.05, 0) is 56.2 Å². The standard InChI is InChI=1S/C18H23BrN4O/c1-11-8-16(12(2)7-14(11)19)22-18-6-5-15(17(9-20)23-18)21-13(3)10-24-4/h5-9,13,20-21H,10H2,1-4H3,(H,22,23). The molecule has 0 aliphatic heterocycles. The van der Waals surface area contributed by atoms with Crippen molar-refractivity contribution in [3.8, 4) is 0 Å². The van der Waals surface area contributed by atoms with E-state index in [1.165, 1.54) is 6.21 Å². The number of methoxy groups -OCH3 is 1. The lowest BCUT2D eigenvalue weighted by molar-refractivity contribution is 0.190. The van der Waals surface area contributed by atoms with Gasteiger partial charge in [0.2, 0.25) is 0 Å². The predicted octanol–water partition coefficient (Wildman–Crippen LogP) is 4.65. The van der Waals surface area contributed by atoms with Gasteiger partial charge >= 0.3 is 0 Å². The van der Waals surface area contributed by atoms with Crippen molar-refractivity contribution in [3.05, 3.63) is 45.6 Å². The number of benzene rings is 1. The number of pyridine rings is 1. The van der Waals surface area contributed by atoms with Gasteiger partial charge in [0, 0.05) is 29.5 Å². The molecule has 0 spiro atoms. The van der Waals surface area contributed by atoms with Gasteiger partial charge in [0.15, 0.2) is 0 Å². The molecule has 0 bridgehead atoms. The SMILES string of the molecule is COCC(C)Nc1ccc(Nc2cc(C)c(Br)cc2C)nc1C=N. The molecule has 0 fully saturated rings. The Kier molecular flexibility index (Phi) is 6.34. The minimum absolute atomic E-state index is 0.144. The van der Waals surface area contributed by atoms with Gasteiger partial charge in [-0.25, -0.2) is 4.98 Å². The Labute approximate surface area is 151 Å². The van der Waals surface area contributed by atoms with Gasteiger partial charge in [-0.2, -0.15) is 0 Å². The van der Waals surface area contributed by atoms with Crippen molar-refractivity contribution in [2.75, 3.05) is 24.4 Å². The van der Waals surface area contributed by atoms with E-state index in [1.807, 2.05) is 26.0 Å². The van der Waals surface area contributed by atoms with Crippen LogP contribution in [0.25, 0.3) is 0 Å². The van der Waals surface area contributed by atoms with Crippen molar-refractivity contribution in [1.82, 2.24) is 4.98 Å². The fraction of sp³-hybridized carbons (Fsp3) is 0.333. The summed E-state index contributed by atoms with van der Waals surface area (Å²) in [5.41, 5.74) is 4.70. The monoisotopic (exact) mass is 390 g/mol. The Morgan fingerprint density at radius 1 is 1.25 bits per heavy atom. The molecular formula is C18H23BrN4O. The third-order valence-electron chi connectivity index (χ3n) is 3.65. The van der Waals surface area contributed by atoms with Gasteiger partial charge in [-0.3, -0.25) is 0 Å². The lowest BCUT2D eigenvalue weighted by Gasteiger charge is -2.17. The van der Waals surface area contributed by atoms with Gasteiger partial charge in [-0.1, -0.05) is 15.9 Å². The van der Waals surface area contributed by atoms with Gasteiger partial charge in [0.05, 0.1) is 12.3 Å². The van der Waals surface area contributed by atoms with Crippen LogP contribution in [0.1, 0.15) is 23.7 Å². The molecular weight excluding hydrogens is 368 g/mol. The summed E-state index contributed by atoms with van der Waals surface area (Å²) < 4.78 is 6.22. The van der Waals surface area contributed by atoms with Crippen LogP contribution in [0.4, 0.5) is 17.2 Å². The van der Waals surface area contributed by atoms with Crippen molar-refractivity contribution < 1.29 is 4.74 Å². The number of nitrogens with one attached hydrogen (secondary N) is 3. The number of aryl methyl sites for hydroxylation is 2. The number of aromatic nitrogens is 1. The van der Waals surface area contributed by atoms with E-state index in [2.05, 4.69) is 50.6 Å². The summed E-state index contributed by atoms with van der Waals surface area (Å²) in [5, 5.41) is 14.3. The summed E-state index contributed by atoms with van der Waals surface area (Å²) in [5.74, 6) is 0.711. The van der Waals surface area contributed by atoms with E-state index in [-0.39, 0.29) is 6.04 Å². The first kappa shape index (κ1) is 18.4. The van der Waals surface area contributed by atoms with Crippen molar-refractivity contribution in [3.63, 3.8) is 0 Å². The average Bonchev–Trinajstić information content (AvgIpc) is 2.54. The zero-order valence-electron chi connectivity index (χ0n) is 14.4. The van der Waals surface area contributed by atoms with E-state index in [1.54, 1.807) is 7.11 Å². The second-order valence-corrected chi connectivity index (χ2v) is 6.67. The summed E-state index contributed by atoms with van der Waals surface area (Å²) in [6, 6.07) is 8.15. The Morgan fingerprint density at radius 2 is 2.00 bits per heavy atom. The second-order valence-electron chi connectivity index (χ2n) is 5.82. The minimum Gasteiger partial charge on any atom is -0.383 e. The molecule has 1 atom stereocenters. The predicted molar refractivity (Wildman–Crippen MR) is 104 cm³/mol. The molecule has 128 valence electrons. The largest absolute Gasteiger partial charge is 0.383 e. The summed E-state index contributed by atoms with van der Waals surface area (Å²) in [7, 11) is 1.67. The Balaban J connectivity index is 2.23. The molecule has 1 unspecified atom stereocenters. The Morgan fingerprint density at radius 3 is 2.67 bits per heavy atom. The van der Waals surface area contributed by atoms with E-state index < -0.39 is 0 Å². The quantitative estimate of drug-likeness (QED) is 0.601. The van der Waals surface area contributed by atoms with Gasteiger partial charge in [0.1, 0.15) is 11.5 Å². The van der Waals surface area contributed by atoms with Crippen LogP contribution < -0.4 is 10.6 Å². The molecule has 2 rings (SSSR count). The molecule has 0 radical (unpaired) electrons. The maximum atomic E-state index is 7.62. The first-order valence-corrected chi connectivity index (χ1v) is 8.54. The highest BCUT2D eigenvalue weighted by Crippen LogP contribution is 2.27. The molecule has 0 aliphatic carbocycles.